The first kappa shape index (κ1) is 10.2. The second kappa shape index (κ2) is 4.49. The molecule has 1 atom stereocenters. The van der Waals surface area contributed by atoms with Gasteiger partial charge in [-0.2, -0.15) is 0 Å². The van der Waals surface area contributed by atoms with Crippen LogP contribution in [0.15, 0.2) is 23.1 Å². The smallest absolute Gasteiger partial charge is 0.274 e. The summed E-state index contributed by atoms with van der Waals surface area (Å²) < 4.78 is 7.15. The van der Waals surface area contributed by atoms with Crippen LogP contribution < -0.4 is 10.9 Å². The van der Waals surface area contributed by atoms with E-state index in [1.165, 1.54) is 0 Å². The number of pyridine rings is 1. The number of hydrogen-bond acceptors (Lipinski definition) is 3. The summed E-state index contributed by atoms with van der Waals surface area (Å²) in [5, 5.41) is 2.90. The Morgan fingerprint density at radius 2 is 2.47 bits per heavy atom. The van der Waals surface area contributed by atoms with Crippen LogP contribution in [0.3, 0.4) is 0 Å². The maximum atomic E-state index is 11.9. The molecule has 0 unspecified atom stereocenters. The van der Waals surface area contributed by atoms with E-state index in [4.69, 9.17) is 4.74 Å². The summed E-state index contributed by atoms with van der Waals surface area (Å²) in [6, 6.07) is 3.88. The van der Waals surface area contributed by atoms with Crippen molar-refractivity contribution in [1.29, 1.82) is 0 Å². The Labute approximate surface area is 88.9 Å². The summed E-state index contributed by atoms with van der Waals surface area (Å²) in [5.74, 6) is 0. The molecule has 1 aliphatic rings. The number of ether oxygens (including phenoxy) is 1. The highest BCUT2D eigenvalue weighted by Gasteiger charge is 2.17. The third kappa shape index (κ3) is 2.04. The Kier molecular flexibility index (Phi) is 3.06. The number of hydrogen-bond donors (Lipinski definition) is 1. The summed E-state index contributed by atoms with van der Waals surface area (Å²) in [4.78, 5) is 11.9. The first-order valence-electron chi connectivity index (χ1n) is 5.29. The van der Waals surface area contributed by atoms with Crippen molar-refractivity contribution in [2.24, 2.45) is 0 Å². The topological polar surface area (TPSA) is 43.3 Å². The molecule has 1 saturated heterocycles. The molecular formula is C11H16N2O2. The van der Waals surface area contributed by atoms with E-state index < -0.39 is 0 Å². The van der Waals surface area contributed by atoms with Crippen LogP contribution in [0.2, 0.25) is 0 Å². The molecule has 1 aromatic rings. The van der Waals surface area contributed by atoms with Gasteiger partial charge in [0, 0.05) is 19.9 Å². The molecule has 2 heterocycles. The fraction of sp³-hybridized carbons (Fsp3) is 0.545. The Bertz CT molecular complexity index is 380. The number of nitrogens with zero attached hydrogens (tertiary/aromatic N) is 1. The van der Waals surface area contributed by atoms with Gasteiger partial charge in [-0.15, -0.1) is 0 Å². The van der Waals surface area contributed by atoms with Gasteiger partial charge in [-0.3, -0.25) is 4.79 Å². The van der Waals surface area contributed by atoms with Crippen LogP contribution >= 0.6 is 0 Å². The van der Waals surface area contributed by atoms with Gasteiger partial charge in [0.1, 0.15) is 5.69 Å². The quantitative estimate of drug-likeness (QED) is 0.795. The molecule has 0 bridgehead atoms. The molecule has 0 radical (unpaired) electrons. The Balaban J connectivity index is 2.30. The molecule has 15 heavy (non-hydrogen) atoms. The molecule has 1 N–H and O–H groups in total. The van der Waals surface area contributed by atoms with E-state index in [-0.39, 0.29) is 11.6 Å². The van der Waals surface area contributed by atoms with Gasteiger partial charge in [0.15, 0.2) is 0 Å². The highest BCUT2D eigenvalue weighted by atomic mass is 16.5. The van der Waals surface area contributed by atoms with Gasteiger partial charge in [0.25, 0.3) is 5.56 Å². The van der Waals surface area contributed by atoms with Crippen LogP contribution in [0.4, 0.5) is 5.69 Å². The van der Waals surface area contributed by atoms with Crippen LogP contribution in [0.25, 0.3) is 0 Å². The zero-order chi connectivity index (χ0) is 10.7. The summed E-state index contributed by atoms with van der Waals surface area (Å²) in [5.41, 5.74) is 0.679. The molecule has 0 saturated carbocycles. The van der Waals surface area contributed by atoms with E-state index in [1.54, 1.807) is 17.7 Å². The van der Waals surface area contributed by atoms with E-state index in [2.05, 4.69) is 5.32 Å². The Morgan fingerprint density at radius 1 is 1.60 bits per heavy atom. The SMILES string of the molecule is CNc1cccn([C@@H]2CCCOC2)c1=O. The Morgan fingerprint density at radius 3 is 3.13 bits per heavy atom. The lowest BCUT2D eigenvalue weighted by molar-refractivity contribution is 0.0580. The first-order chi connectivity index (χ1) is 7.33. The first-order valence-corrected chi connectivity index (χ1v) is 5.29. The number of rotatable bonds is 2. The van der Waals surface area contributed by atoms with Crippen LogP contribution in [-0.2, 0) is 4.74 Å². The van der Waals surface area contributed by atoms with E-state index >= 15 is 0 Å². The standard InChI is InChI=1S/C11H16N2O2/c1-12-10-5-2-6-13(11(10)14)9-4-3-7-15-8-9/h2,5-6,9,12H,3-4,7-8H2,1H3/t9-/m1/s1. The zero-order valence-electron chi connectivity index (χ0n) is 8.90. The van der Waals surface area contributed by atoms with Gasteiger partial charge >= 0.3 is 0 Å². The minimum Gasteiger partial charge on any atom is -0.384 e. The molecule has 0 aromatic carbocycles. The molecule has 0 spiro atoms. The average Bonchev–Trinajstić information content (AvgIpc) is 2.30. The van der Waals surface area contributed by atoms with Crippen molar-refractivity contribution in [3.63, 3.8) is 0 Å². The predicted molar refractivity (Wildman–Crippen MR) is 59.3 cm³/mol. The molecule has 0 aliphatic carbocycles. The van der Waals surface area contributed by atoms with Crippen molar-refractivity contribution in [2.75, 3.05) is 25.6 Å². The molecule has 4 heteroatoms. The van der Waals surface area contributed by atoms with Crippen molar-refractivity contribution in [3.8, 4) is 0 Å². The second-order valence-corrected chi connectivity index (χ2v) is 3.76. The van der Waals surface area contributed by atoms with Gasteiger partial charge in [0.2, 0.25) is 0 Å². The number of aromatic nitrogens is 1. The van der Waals surface area contributed by atoms with E-state index in [0.29, 0.717) is 12.3 Å². The molecule has 1 aromatic heterocycles. The monoisotopic (exact) mass is 208 g/mol. The van der Waals surface area contributed by atoms with Gasteiger partial charge in [0.05, 0.1) is 12.6 Å². The molecule has 4 nitrogen and oxygen atoms in total. The minimum atomic E-state index is 0.0375. The van der Waals surface area contributed by atoms with Crippen molar-refractivity contribution in [3.05, 3.63) is 28.7 Å². The Hall–Kier alpha value is -1.29. The average molecular weight is 208 g/mol. The van der Waals surface area contributed by atoms with Gasteiger partial charge < -0.3 is 14.6 Å². The summed E-state index contributed by atoms with van der Waals surface area (Å²) >= 11 is 0. The van der Waals surface area contributed by atoms with E-state index in [1.807, 2.05) is 12.3 Å². The second-order valence-electron chi connectivity index (χ2n) is 3.76. The normalized spacial score (nSPS) is 21.3. The zero-order valence-corrected chi connectivity index (χ0v) is 8.90. The minimum absolute atomic E-state index is 0.0375. The largest absolute Gasteiger partial charge is 0.384 e. The molecular weight excluding hydrogens is 192 g/mol. The maximum Gasteiger partial charge on any atom is 0.274 e. The predicted octanol–water partition coefficient (Wildman–Crippen LogP) is 1.24. The van der Waals surface area contributed by atoms with Crippen molar-refractivity contribution < 1.29 is 4.74 Å². The number of anilines is 1. The van der Waals surface area contributed by atoms with Gasteiger partial charge in [-0.05, 0) is 25.0 Å². The van der Waals surface area contributed by atoms with Gasteiger partial charge in [-0.25, -0.2) is 0 Å². The van der Waals surface area contributed by atoms with E-state index in [0.717, 1.165) is 19.4 Å². The van der Waals surface area contributed by atoms with Crippen molar-refractivity contribution >= 4 is 5.69 Å². The fourth-order valence-electron chi connectivity index (χ4n) is 1.93. The van der Waals surface area contributed by atoms with Crippen molar-refractivity contribution in [2.45, 2.75) is 18.9 Å². The van der Waals surface area contributed by atoms with E-state index in [9.17, 15) is 4.79 Å². The maximum absolute atomic E-state index is 11.9. The van der Waals surface area contributed by atoms with Crippen molar-refractivity contribution in [1.82, 2.24) is 4.57 Å². The third-order valence-corrected chi connectivity index (χ3v) is 2.77. The lowest BCUT2D eigenvalue weighted by Crippen LogP contribution is -2.30. The highest BCUT2D eigenvalue weighted by molar-refractivity contribution is 5.39. The van der Waals surface area contributed by atoms with Crippen LogP contribution in [0.5, 0.6) is 0 Å². The third-order valence-electron chi connectivity index (χ3n) is 2.77. The molecule has 82 valence electrons. The molecule has 1 aliphatic heterocycles. The summed E-state index contributed by atoms with van der Waals surface area (Å²) in [6.07, 6.45) is 3.89. The molecule has 2 rings (SSSR count). The summed E-state index contributed by atoms with van der Waals surface area (Å²) in [7, 11) is 1.76. The molecule has 1 fully saturated rings. The van der Waals surface area contributed by atoms with Gasteiger partial charge in [-0.1, -0.05) is 0 Å². The lowest BCUT2D eigenvalue weighted by Gasteiger charge is -2.24. The number of nitrogens with one attached hydrogen (secondary N) is 1. The van der Waals surface area contributed by atoms with Crippen LogP contribution in [0, 0.1) is 0 Å². The molecule has 0 amide bonds. The fourth-order valence-corrected chi connectivity index (χ4v) is 1.93. The lowest BCUT2D eigenvalue weighted by atomic mass is 10.1. The highest BCUT2D eigenvalue weighted by Crippen LogP contribution is 2.17. The van der Waals surface area contributed by atoms with Crippen LogP contribution in [-0.4, -0.2) is 24.8 Å². The van der Waals surface area contributed by atoms with Crippen LogP contribution in [0.1, 0.15) is 18.9 Å². The summed E-state index contributed by atoms with van der Waals surface area (Å²) in [6.45, 7) is 1.46.